The van der Waals surface area contributed by atoms with Gasteiger partial charge in [-0.2, -0.15) is 9.78 Å². The number of carbonyl (C=O) groups excluding carboxylic acids is 2. The van der Waals surface area contributed by atoms with E-state index in [0.29, 0.717) is 60.7 Å². The van der Waals surface area contributed by atoms with E-state index in [0.717, 1.165) is 5.56 Å². The minimum Gasteiger partial charge on any atom is -0.439 e. The summed E-state index contributed by atoms with van der Waals surface area (Å²) in [5.74, 6) is 1.37. The quantitative estimate of drug-likeness (QED) is 0.421. The van der Waals surface area contributed by atoms with E-state index in [1.807, 2.05) is 18.2 Å². The van der Waals surface area contributed by atoms with Crippen molar-refractivity contribution >= 4 is 17.6 Å². The number of benzene rings is 1. The number of aryl methyl sites for hydroxylation is 2. The lowest BCUT2D eigenvalue weighted by atomic mass is 10.0. The SMILES string of the molecule is CC(=O)Nc1nc(-c2ccnc(C(=O)N3CCN(C(c4ccccc4)c4nnn(C)n4)CC3)c2)oc1C. The first-order valence-corrected chi connectivity index (χ1v) is 11.9. The molecule has 1 unspecified atom stereocenters. The zero-order chi connectivity index (χ0) is 25.9. The minimum absolute atomic E-state index is 0.153. The van der Waals surface area contributed by atoms with Gasteiger partial charge in [-0.3, -0.25) is 19.5 Å². The normalized spacial score (nSPS) is 14.9. The Labute approximate surface area is 213 Å². The Morgan fingerprint density at radius 1 is 1.08 bits per heavy atom. The number of tetrazole rings is 1. The van der Waals surface area contributed by atoms with Gasteiger partial charge in [-0.15, -0.1) is 10.2 Å². The molecule has 1 atom stereocenters. The summed E-state index contributed by atoms with van der Waals surface area (Å²) >= 11 is 0. The molecule has 1 aliphatic rings. The van der Waals surface area contributed by atoms with E-state index in [-0.39, 0.29) is 17.9 Å². The van der Waals surface area contributed by atoms with Gasteiger partial charge in [0, 0.05) is 44.9 Å². The summed E-state index contributed by atoms with van der Waals surface area (Å²) in [5, 5.41) is 15.4. The van der Waals surface area contributed by atoms with E-state index in [1.54, 1.807) is 37.2 Å². The third kappa shape index (κ3) is 5.23. The summed E-state index contributed by atoms with van der Waals surface area (Å²) < 4.78 is 5.70. The van der Waals surface area contributed by atoms with Crippen molar-refractivity contribution in [1.82, 2.24) is 40.0 Å². The maximum atomic E-state index is 13.3. The number of amides is 2. The van der Waals surface area contributed by atoms with E-state index >= 15 is 0 Å². The van der Waals surface area contributed by atoms with Crippen LogP contribution in [0.1, 0.15) is 40.6 Å². The van der Waals surface area contributed by atoms with Gasteiger partial charge < -0.3 is 14.6 Å². The van der Waals surface area contributed by atoms with Crippen LogP contribution >= 0.6 is 0 Å². The van der Waals surface area contributed by atoms with Crippen molar-refractivity contribution < 1.29 is 14.0 Å². The maximum Gasteiger partial charge on any atom is 0.272 e. The first-order chi connectivity index (χ1) is 17.9. The molecule has 0 aliphatic carbocycles. The zero-order valence-electron chi connectivity index (χ0n) is 20.8. The molecule has 0 spiro atoms. The standard InChI is InChI=1S/C25H27N9O3/c1-16-22(27-17(2)35)28-24(37-16)19-9-10-26-20(15-19)25(36)34-13-11-33(12-14-34)21(18-7-5-4-6-8-18)23-29-31-32(3)30-23/h4-10,15,21H,11-14H2,1-3H3,(H,27,35). The fourth-order valence-electron chi connectivity index (χ4n) is 4.40. The molecule has 2 amide bonds. The highest BCUT2D eigenvalue weighted by Gasteiger charge is 2.31. The third-order valence-corrected chi connectivity index (χ3v) is 6.17. The fraction of sp³-hybridized carbons (Fsp3) is 0.320. The molecule has 190 valence electrons. The molecule has 1 aliphatic heterocycles. The number of hydrogen-bond donors (Lipinski definition) is 1. The van der Waals surface area contributed by atoms with Crippen molar-refractivity contribution in [3.63, 3.8) is 0 Å². The average Bonchev–Trinajstić information content (AvgIpc) is 3.49. The molecule has 1 N–H and O–H groups in total. The molecule has 4 aromatic rings. The lowest BCUT2D eigenvalue weighted by Crippen LogP contribution is -2.50. The number of oxazole rings is 1. The minimum atomic E-state index is -0.239. The first kappa shape index (κ1) is 24.3. The van der Waals surface area contributed by atoms with Crippen molar-refractivity contribution in [3.05, 3.63) is 71.5 Å². The van der Waals surface area contributed by atoms with E-state index < -0.39 is 0 Å². The smallest absolute Gasteiger partial charge is 0.272 e. The number of aromatic nitrogens is 6. The van der Waals surface area contributed by atoms with Crippen molar-refractivity contribution in [1.29, 1.82) is 0 Å². The van der Waals surface area contributed by atoms with Crippen LogP contribution in [-0.4, -0.2) is 78.0 Å². The topological polar surface area (TPSA) is 135 Å². The van der Waals surface area contributed by atoms with Crippen molar-refractivity contribution in [2.45, 2.75) is 19.9 Å². The largest absolute Gasteiger partial charge is 0.439 e. The van der Waals surface area contributed by atoms with Gasteiger partial charge in [0.15, 0.2) is 11.6 Å². The Morgan fingerprint density at radius 2 is 1.84 bits per heavy atom. The summed E-state index contributed by atoms with van der Waals surface area (Å²) in [6, 6.07) is 13.3. The number of pyridine rings is 1. The molecule has 0 radical (unpaired) electrons. The van der Waals surface area contributed by atoms with Crippen LogP contribution in [0.25, 0.3) is 11.5 Å². The van der Waals surface area contributed by atoms with Crippen LogP contribution in [-0.2, 0) is 11.8 Å². The Kier molecular flexibility index (Phi) is 6.73. The monoisotopic (exact) mass is 501 g/mol. The Bertz CT molecular complexity index is 1410. The van der Waals surface area contributed by atoms with Gasteiger partial charge in [0.25, 0.3) is 5.91 Å². The van der Waals surface area contributed by atoms with E-state index in [4.69, 9.17) is 4.42 Å². The lowest BCUT2D eigenvalue weighted by Gasteiger charge is -2.38. The second-order valence-electron chi connectivity index (χ2n) is 8.81. The molecule has 12 nitrogen and oxygen atoms in total. The predicted molar refractivity (Wildman–Crippen MR) is 133 cm³/mol. The van der Waals surface area contributed by atoms with E-state index in [1.165, 1.54) is 11.7 Å². The van der Waals surface area contributed by atoms with Gasteiger partial charge in [-0.1, -0.05) is 30.3 Å². The van der Waals surface area contributed by atoms with Gasteiger partial charge in [-0.05, 0) is 29.8 Å². The van der Waals surface area contributed by atoms with Gasteiger partial charge in [0.05, 0.1) is 13.1 Å². The summed E-state index contributed by atoms with van der Waals surface area (Å²) in [6.45, 7) is 5.46. The molecule has 3 aromatic heterocycles. The number of nitrogens with zero attached hydrogens (tertiary/aromatic N) is 8. The van der Waals surface area contributed by atoms with Crippen LogP contribution in [0.5, 0.6) is 0 Å². The summed E-state index contributed by atoms with van der Waals surface area (Å²) in [4.78, 5) is 38.9. The van der Waals surface area contributed by atoms with E-state index in [9.17, 15) is 9.59 Å². The average molecular weight is 502 g/mol. The Hall–Kier alpha value is -4.45. The highest BCUT2D eigenvalue weighted by atomic mass is 16.4. The van der Waals surface area contributed by atoms with Gasteiger partial charge in [0.2, 0.25) is 11.8 Å². The number of piperazine rings is 1. The summed E-state index contributed by atoms with van der Waals surface area (Å²) in [5.41, 5.74) is 1.98. The van der Waals surface area contributed by atoms with Crippen LogP contribution < -0.4 is 5.32 Å². The molecule has 1 aromatic carbocycles. The molecule has 12 heteroatoms. The second-order valence-corrected chi connectivity index (χ2v) is 8.81. The molecule has 37 heavy (non-hydrogen) atoms. The molecule has 1 fully saturated rings. The molecular weight excluding hydrogens is 474 g/mol. The Morgan fingerprint density at radius 3 is 2.51 bits per heavy atom. The van der Waals surface area contributed by atoms with Crippen molar-refractivity contribution in [2.24, 2.45) is 7.05 Å². The summed E-state index contributed by atoms with van der Waals surface area (Å²) in [6.07, 6.45) is 1.56. The number of nitrogens with one attached hydrogen (secondary N) is 1. The number of anilines is 1. The molecule has 1 saturated heterocycles. The molecule has 0 bridgehead atoms. The second kappa shape index (κ2) is 10.3. The van der Waals surface area contributed by atoms with Gasteiger partial charge >= 0.3 is 0 Å². The van der Waals surface area contributed by atoms with E-state index in [2.05, 4.69) is 47.7 Å². The lowest BCUT2D eigenvalue weighted by molar-refractivity contribution is -0.114. The highest BCUT2D eigenvalue weighted by Crippen LogP contribution is 2.28. The third-order valence-electron chi connectivity index (χ3n) is 6.17. The first-order valence-electron chi connectivity index (χ1n) is 11.9. The predicted octanol–water partition coefficient (Wildman–Crippen LogP) is 2.07. The van der Waals surface area contributed by atoms with Crippen molar-refractivity contribution in [3.8, 4) is 11.5 Å². The fourth-order valence-corrected chi connectivity index (χ4v) is 4.40. The van der Waals surface area contributed by atoms with Gasteiger partial charge in [0.1, 0.15) is 11.5 Å². The Balaban J connectivity index is 1.30. The number of carbonyl (C=O) groups is 2. The molecular formula is C25H27N9O3. The van der Waals surface area contributed by atoms with Gasteiger partial charge in [-0.25, -0.2) is 0 Å². The van der Waals surface area contributed by atoms with Crippen LogP contribution in [0.15, 0.2) is 53.1 Å². The number of rotatable bonds is 6. The van der Waals surface area contributed by atoms with Crippen LogP contribution in [0.3, 0.4) is 0 Å². The van der Waals surface area contributed by atoms with Crippen LogP contribution in [0, 0.1) is 6.92 Å². The van der Waals surface area contributed by atoms with Crippen LogP contribution in [0.2, 0.25) is 0 Å². The van der Waals surface area contributed by atoms with Crippen molar-refractivity contribution in [2.75, 3.05) is 31.5 Å². The molecule has 5 rings (SSSR count). The van der Waals surface area contributed by atoms with Crippen LogP contribution in [0.4, 0.5) is 5.82 Å². The maximum absolute atomic E-state index is 13.3. The molecule has 4 heterocycles. The highest BCUT2D eigenvalue weighted by molar-refractivity contribution is 5.93. The number of hydrogen-bond acceptors (Lipinski definition) is 9. The molecule has 0 saturated carbocycles. The summed E-state index contributed by atoms with van der Waals surface area (Å²) in [7, 11) is 1.75. The zero-order valence-corrected chi connectivity index (χ0v) is 20.8.